The fourth-order valence-corrected chi connectivity index (χ4v) is 5.01. The third kappa shape index (κ3) is 7.88. The number of halogens is 2. The zero-order valence-electron chi connectivity index (χ0n) is 25.3. The third-order valence-corrected chi connectivity index (χ3v) is 7.70. The summed E-state index contributed by atoms with van der Waals surface area (Å²) in [5, 5.41) is 41.1. The van der Waals surface area contributed by atoms with E-state index < -0.39 is 48.9 Å². The number of ether oxygens (including phenoxy) is 5. The van der Waals surface area contributed by atoms with Gasteiger partial charge >= 0.3 is 12.6 Å². The number of carbonyl (C=O) groups is 1. The average molecular weight is 647 g/mol. The first-order chi connectivity index (χ1) is 21.8. The van der Waals surface area contributed by atoms with Crippen LogP contribution in [0.3, 0.4) is 0 Å². The Labute approximate surface area is 263 Å². The van der Waals surface area contributed by atoms with E-state index in [-0.39, 0.29) is 29.4 Å². The van der Waals surface area contributed by atoms with Crippen LogP contribution in [0.4, 0.5) is 8.78 Å². The number of rotatable bonds is 12. The number of methoxy groups -OCH3 is 1. The van der Waals surface area contributed by atoms with E-state index in [1.165, 1.54) is 18.3 Å². The van der Waals surface area contributed by atoms with Crippen LogP contribution < -0.4 is 14.2 Å². The topological polar surface area (TPSA) is 170 Å². The molecule has 2 aromatic heterocycles. The molecule has 3 aromatic rings. The average Bonchev–Trinajstić information content (AvgIpc) is 3.85. The minimum Gasteiger partial charge on any atom is -0.487 e. The quantitative estimate of drug-likeness (QED) is 0.213. The molecule has 0 amide bonds. The fraction of sp³-hybridized carbons (Fsp3) is 0.469. The van der Waals surface area contributed by atoms with Gasteiger partial charge in [0, 0.05) is 24.4 Å². The molecule has 2 aliphatic rings. The molecule has 0 spiro atoms. The van der Waals surface area contributed by atoms with Crippen molar-refractivity contribution in [3.63, 3.8) is 0 Å². The van der Waals surface area contributed by atoms with E-state index in [2.05, 4.69) is 14.7 Å². The summed E-state index contributed by atoms with van der Waals surface area (Å²) in [7, 11) is 1.09. The van der Waals surface area contributed by atoms with Crippen molar-refractivity contribution in [1.29, 1.82) is 0 Å². The number of aromatic nitrogens is 2. The number of benzene rings is 1. The SMILES string of the molecule is COC(=O)C1O[C@@H](Oc2ccc(C[C@H](c3ccc(C(C)(C)O)nc3)c3ccc(OC(F)F)c(OC4CC4)c3)cn2)[C@@H](O)C(O)[C@@H]1O. The number of hydrogen-bond acceptors (Lipinski definition) is 12. The van der Waals surface area contributed by atoms with Crippen LogP contribution in [0.25, 0.3) is 0 Å². The van der Waals surface area contributed by atoms with Gasteiger partial charge in [0.05, 0.1) is 18.9 Å². The number of esters is 1. The van der Waals surface area contributed by atoms with Gasteiger partial charge in [-0.15, -0.1) is 0 Å². The van der Waals surface area contributed by atoms with Crippen LogP contribution in [0.5, 0.6) is 17.4 Å². The predicted octanol–water partition coefficient (Wildman–Crippen LogP) is 2.58. The highest BCUT2D eigenvalue weighted by Crippen LogP contribution is 2.39. The summed E-state index contributed by atoms with van der Waals surface area (Å²) in [4.78, 5) is 20.7. The molecule has 0 bridgehead atoms. The number of aliphatic hydroxyl groups excluding tert-OH is 3. The van der Waals surface area contributed by atoms with Crippen molar-refractivity contribution in [3.8, 4) is 17.4 Å². The minimum absolute atomic E-state index is 0.00127. The lowest BCUT2D eigenvalue weighted by molar-refractivity contribution is -0.272. The summed E-state index contributed by atoms with van der Waals surface area (Å²) in [6.45, 7) is 0.232. The first-order valence-electron chi connectivity index (χ1n) is 14.7. The summed E-state index contributed by atoms with van der Waals surface area (Å²) in [5.41, 5.74) is 1.54. The van der Waals surface area contributed by atoms with Crippen molar-refractivity contribution in [2.75, 3.05) is 7.11 Å². The second-order valence-electron chi connectivity index (χ2n) is 11.7. The third-order valence-electron chi connectivity index (χ3n) is 7.70. The Balaban J connectivity index is 1.40. The normalized spacial score (nSPS) is 23.9. The molecule has 2 unspecified atom stereocenters. The standard InChI is InChI=1S/C32H36F2N2O10/c1-32(2,41)23-10-6-18(15-35-23)20(17-5-9-21(44-31(33)34)22(13-17)43-19-7-8-19)12-16-4-11-24(36-14-16)45-30-27(39)25(37)26(38)28(46-30)29(40)42-3/h4-6,9-11,13-15,19-20,25-28,30-31,37-39,41H,7-8,12H2,1-3H3/t20-,25?,26-,27-,28?,30+/m0/s1. The highest BCUT2D eigenvalue weighted by Gasteiger charge is 2.48. The Morgan fingerprint density at radius 2 is 1.70 bits per heavy atom. The number of hydrogen-bond donors (Lipinski definition) is 4. The monoisotopic (exact) mass is 646 g/mol. The van der Waals surface area contributed by atoms with Crippen LogP contribution in [-0.4, -0.2) is 86.9 Å². The number of nitrogens with zero attached hydrogens (tertiary/aromatic N) is 2. The molecule has 6 atom stereocenters. The van der Waals surface area contributed by atoms with E-state index in [0.29, 0.717) is 12.1 Å². The summed E-state index contributed by atoms with van der Waals surface area (Å²) in [6, 6.07) is 11.6. The summed E-state index contributed by atoms with van der Waals surface area (Å²) >= 11 is 0. The molecule has 3 heterocycles. The molecule has 5 rings (SSSR count). The van der Waals surface area contributed by atoms with Crippen LogP contribution in [0.2, 0.25) is 0 Å². The molecule has 0 radical (unpaired) electrons. The lowest BCUT2D eigenvalue weighted by Gasteiger charge is -2.38. The van der Waals surface area contributed by atoms with Crippen LogP contribution >= 0.6 is 0 Å². The molecule has 1 aliphatic carbocycles. The van der Waals surface area contributed by atoms with Crippen molar-refractivity contribution in [1.82, 2.24) is 9.97 Å². The molecular formula is C32H36F2N2O10. The molecule has 1 saturated heterocycles. The molecule has 2 fully saturated rings. The molecule has 248 valence electrons. The first-order valence-corrected chi connectivity index (χ1v) is 14.7. The Morgan fingerprint density at radius 3 is 2.28 bits per heavy atom. The Bertz CT molecular complexity index is 1480. The fourth-order valence-electron chi connectivity index (χ4n) is 5.01. The van der Waals surface area contributed by atoms with Crippen molar-refractivity contribution >= 4 is 5.97 Å². The predicted molar refractivity (Wildman–Crippen MR) is 155 cm³/mol. The van der Waals surface area contributed by atoms with Gasteiger partial charge in [0.2, 0.25) is 12.2 Å². The van der Waals surface area contributed by atoms with E-state index in [4.69, 9.17) is 18.9 Å². The molecule has 1 aromatic carbocycles. The lowest BCUT2D eigenvalue weighted by Crippen LogP contribution is -2.61. The van der Waals surface area contributed by atoms with E-state index >= 15 is 0 Å². The molecule has 4 N–H and O–H groups in total. The Kier molecular flexibility index (Phi) is 10.0. The molecular weight excluding hydrogens is 610 g/mol. The first kappa shape index (κ1) is 33.4. The van der Waals surface area contributed by atoms with Crippen molar-refractivity contribution in [2.45, 2.75) is 88.1 Å². The summed E-state index contributed by atoms with van der Waals surface area (Å²) in [6.07, 6.45) is -3.19. The summed E-state index contributed by atoms with van der Waals surface area (Å²) in [5.74, 6) is -1.17. The second-order valence-corrected chi connectivity index (χ2v) is 11.7. The maximum absolute atomic E-state index is 13.1. The highest BCUT2D eigenvalue weighted by atomic mass is 19.3. The van der Waals surface area contributed by atoms with Crippen molar-refractivity contribution in [3.05, 3.63) is 77.2 Å². The van der Waals surface area contributed by atoms with Crippen LogP contribution in [0, 0.1) is 0 Å². The van der Waals surface area contributed by atoms with E-state index in [9.17, 15) is 34.0 Å². The molecule has 46 heavy (non-hydrogen) atoms. The zero-order valence-corrected chi connectivity index (χ0v) is 25.3. The van der Waals surface area contributed by atoms with Gasteiger partial charge in [0.1, 0.15) is 23.9 Å². The largest absolute Gasteiger partial charge is 0.487 e. The van der Waals surface area contributed by atoms with Gasteiger partial charge in [-0.25, -0.2) is 9.78 Å². The van der Waals surface area contributed by atoms with Gasteiger partial charge in [0.25, 0.3) is 0 Å². The summed E-state index contributed by atoms with van der Waals surface area (Å²) < 4.78 is 52.4. The van der Waals surface area contributed by atoms with Crippen LogP contribution in [0.1, 0.15) is 55.0 Å². The maximum atomic E-state index is 13.1. The highest BCUT2D eigenvalue weighted by molar-refractivity contribution is 5.75. The number of carbonyl (C=O) groups excluding carboxylic acids is 1. The lowest BCUT2D eigenvalue weighted by atomic mass is 9.86. The van der Waals surface area contributed by atoms with E-state index in [1.807, 2.05) is 6.07 Å². The van der Waals surface area contributed by atoms with Crippen LogP contribution in [0.15, 0.2) is 54.9 Å². The molecule has 1 saturated carbocycles. The van der Waals surface area contributed by atoms with Gasteiger partial charge in [-0.05, 0) is 68.0 Å². The van der Waals surface area contributed by atoms with Crippen molar-refractivity contribution < 1.29 is 57.7 Å². The molecule has 14 heteroatoms. The smallest absolute Gasteiger partial charge is 0.387 e. The van der Waals surface area contributed by atoms with Gasteiger partial charge in [-0.3, -0.25) is 4.98 Å². The molecule has 12 nitrogen and oxygen atoms in total. The van der Waals surface area contributed by atoms with E-state index in [0.717, 1.165) is 36.6 Å². The van der Waals surface area contributed by atoms with Gasteiger partial charge in [-0.2, -0.15) is 8.78 Å². The van der Waals surface area contributed by atoms with Gasteiger partial charge < -0.3 is 44.1 Å². The van der Waals surface area contributed by atoms with Gasteiger partial charge in [0.15, 0.2) is 17.6 Å². The maximum Gasteiger partial charge on any atom is 0.387 e. The zero-order chi connectivity index (χ0) is 33.2. The second kappa shape index (κ2) is 13.8. The van der Waals surface area contributed by atoms with E-state index in [1.54, 1.807) is 44.3 Å². The number of alkyl halides is 2. The minimum atomic E-state index is -3.02. The number of aliphatic hydroxyl groups is 4. The van der Waals surface area contributed by atoms with Crippen molar-refractivity contribution in [2.24, 2.45) is 0 Å². The van der Waals surface area contributed by atoms with Crippen LogP contribution in [-0.2, 0) is 26.3 Å². The number of pyridine rings is 2. The van der Waals surface area contributed by atoms with Gasteiger partial charge in [-0.1, -0.05) is 18.2 Å². The Morgan fingerprint density at radius 1 is 0.957 bits per heavy atom. The Hall–Kier alpha value is -3.95. The molecule has 1 aliphatic heterocycles.